The van der Waals surface area contributed by atoms with Gasteiger partial charge in [0.15, 0.2) is 0 Å². The zero-order valence-electron chi connectivity index (χ0n) is 11.8. The Morgan fingerprint density at radius 3 is 2.45 bits per heavy atom. The van der Waals surface area contributed by atoms with Gasteiger partial charge in [0.25, 0.3) is 5.91 Å². The van der Waals surface area contributed by atoms with Gasteiger partial charge in [0.05, 0.1) is 0 Å². The first-order valence-electron chi connectivity index (χ1n) is 6.43. The number of rotatable bonds is 5. The molecule has 1 aromatic rings. The molecule has 3 nitrogen and oxygen atoms in total. The van der Waals surface area contributed by atoms with Gasteiger partial charge in [-0.05, 0) is 37.1 Å². The van der Waals surface area contributed by atoms with E-state index in [1.807, 2.05) is 0 Å². The lowest BCUT2D eigenvalue weighted by molar-refractivity contribution is -0.140. The zero-order valence-corrected chi connectivity index (χ0v) is 11.8. The first-order valence-corrected chi connectivity index (χ1v) is 6.43. The Balaban J connectivity index is 2.97. The second-order valence-electron chi connectivity index (χ2n) is 4.62. The average molecular weight is 288 g/mol. The highest BCUT2D eigenvalue weighted by Gasteiger charge is 2.33. The van der Waals surface area contributed by atoms with Crippen molar-refractivity contribution in [3.63, 3.8) is 0 Å². The quantitative estimate of drug-likeness (QED) is 0.900. The summed E-state index contributed by atoms with van der Waals surface area (Å²) in [5.74, 6) is -0.588. The third kappa shape index (κ3) is 4.43. The highest BCUT2D eigenvalue weighted by atomic mass is 19.4. The van der Waals surface area contributed by atoms with Crippen LogP contribution in [0.1, 0.15) is 29.3 Å². The molecule has 1 rings (SSSR count). The minimum atomic E-state index is -4.38. The highest BCUT2D eigenvalue weighted by Crippen LogP contribution is 2.21. The van der Waals surface area contributed by atoms with Gasteiger partial charge in [0, 0.05) is 24.8 Å². The molecule has 0 radical (unpaired) electrons. The second-order valence-corrected chi connectivity index (χ2v) is 4.62. The second kappa shape index (κ2) is 6.63. The Morgan fingerprint density at radius 2 is 2.00 bits per heavy atom. The molecule has 20 heavy (non-hydrogen) atoms. The molecule has 1 amide bonds. The highest BCUT2D eigenvalue weighted by molar-refractivity contribution is 5.95. The van der Waals surface area contributed by atoms with Crippen LogP contribution >= 0.6 is 0 Å². The molecule has 0 unspecified atom stereocenters. The number of carbonyl (C=O) groups excluding carboxylic acids is 1. The molecule has 0 aliphatic carbocycles. The van der Waals surface area contributed by atoms with Crippen molar-refractivity contribution in [1.82, 2.24) is 4.90 Å². The summed E-state index contributed by atoms with van der Waals surface area (Å²) in [6, 6.07) is 4.84. The van der Waals surface area contributed by atoms with Gasteiger partial charge in [-0.2, -0.15) is 13.2 Å². The number of hydrogen-bond donors (Lipinski definition) is 1. The molecule has 0 saturated heterocycles. The van der Waals surface area contributed by atoms with E-state index in [-0.39, 0.29) is 12.1 Å². The molecular formula is C14H19F3N2O. The predicted molar refractivity (Wildman–Crippen MR) is 73.0 cm³/mol. The molecule has 0 saturated carbocycles. The Hall–Kier alpha value is -1.72. The summed E-state index contributed by atoms with van der Waals surface area (Å²) in [4.78, 5) is 13.0. The summed E-state index contributed by atoms with van der Waals surface area (Å²) in [5, 5.41) is 2.95. The van der Waals surface area contributed by atoms with Crippen LogP contribution in [0.2, 0.25) is 0 Å². The Bertz CT molecular complexity index is 472. The molecule has 112 valence electrons. The van der Waals surface area contributed by atoms with Gasteiger partial charge >= 0.3 is 6.18 Å². The standard InChI is InChI=1S/C14H19F3N2O/c1-4-7-19(9-14(15,16)17)13(20)11-5-6-12(18-3)10(2)8-11/h5-6,8,18H,4,7,9H2,1-3H3. The van der Waals surface area contributed by atoms with Crippen LogP contribution in [0.15, 0.2) is 18.2 Å². The number of halogens is 3. The van der Waals surface area contributed by atoms with Crippen LogP contribution in [-0.2, 0) is 0 Å². The van der Waals surface area contributed by atoms with Crippen molar-refractivity contribution < 1.29 is 18.0 Å². The third-order valence-electron chi connectivity index (χ3n) is 2.89. The predicted octanol–water partition coefficient (Wildman–Crippen LogP) is 3.45. The zero-order chi connectivity index (χ0) is 15.3. The van der Waals surface area contributed by atoms with E-state index in [9.17, 15) is 18.0 Å². The molecule has 0 aliphatic rings. The fraction of sp³-hybridized carbons (Fsp3) is 0.500. The maximum atomic E-state index is 12.5. The van der Waals surface area contributed by atoms with E-state index in [1.54, 1.807) is 39.1 Å². The monoisotopic (exact) mass is 288 g/mol. The van der Waals surface area contributed by atoms with Crippen molar-refractivity contribution in [1.29, 1.82) is 0 Å². The lowest BCUT2D eigenvalue weighted by atomic mass is 10.1. The van der Waals surface area contributed by atoms with Crippen LogP contribution in [0, 0.1) is 6.92 Å². The van der Waals surface area contributed by atoms with Crippen molar-refractivity contribution in [2.45, 2.75) is 26.4 Å². The number of carbonyl (C=O) groups is 1. The van der Waals surface area contributed by atoms with Gasteiger partial charge in [-0.15, -0.1) is 0 Å². The van der Waals surface area contributed by atoms with Crippen LogP contribution in [0.5, 0.6) is 0 Å². The van der Waals surface area contributed by atoms with E-state index >= 15 is 0 Å². The molecule has 6 heteroatoms. The van der Waals surface area contributed by atoms with E-state index < -0.39 is 18.6 Å². The molecule has 0 atom stereocenters. The summed E-state index contributed by atoms with van der Waals surface area (Å²) in [5.41, 5.74) is 1.94. The van der Waals surface area contributed by atoms with E-state index in [0.717, 1.165) is 16.2 Å². The van der Waals surface area contributed by atoms with Crippen LogP contribution in [0.25, 0.3) is 0 Å². The van der Waals surface area contributed by atoms with Gasteiger partial charge in [0.1, 0.15) is 6.54 Å². The van der Waals surface area contributed by atoms with Gasteiger partial charge in [-0.25, -0.2) is 0 Å². The Kier molecular flexibility index (Phi) is 5.42. The molecule has 0 spiro atoms. The van der Waals surface area contributed by atoms with E-state index in [0.29, 0.717) is 6.42 Å². The molecule has 0 fully saturated rings. The number of nitrogens with one attached hydrogen (secondary N) is 1. The lowest BCUT2D eigenvalue weighted by Crippen LogP contribution is -2.39. The summed E-state index contributed by atoms with van der Waals surface area (Å²) >= 11 is 0. The first kappa shape index (κ1) is 16.3. The molecule has 0 aromatic heterocycles. The lowest BCUT2D eigenvalue weighted by Gasteiger charge is -2.23. The normalized spacial score (nSPS) is 11.3. The number of anilines is 1. The number of nitrogens with zero attached hydrogens (tertiary/aromatic N) is 1. The summed E-state index contributed by atoms with van der Waals surface area (Å²) in [6.07, 6.45) is -3.90. The summed E-state index contributed by atoms with van der Waals surface area (Å²) < 4.78 is 37.5. The SMILES string of the molecule is CCCN(CC(F)(F)F)C(=O)c1ccc(NC)c(C)c1. The van der Waals surface area contributed by atoms with Crippen LogP contribution < -0.4 is 5.32 Å². The molecular weight excluding hydrogens is 269 g/mol. The van der Waals surface area contributed by atoms with Crippen molar-refractivity contribution in [3.05, 3.63) is 29.3 Å². The van der Waals surface area contributed by atoms with Gasteiger partial charge in [-0.3, -0.25) is 4.79 Å². The molecule has 0 bridgehead atoms. The summed E-state index contributed by atoms with van der Waals surface area (Å²) in [6.45, 7) is 2.42. The molecule has 0 heterocycles. The molecule has 0 aliphatic heterocycles. The maximum Gasteiger partial charge on any atom is 0.406 e. The van der Waals surface area contributed by atoms with Crippen molar-refractivity contribution in [3.8, 4) is 0 Å². The minimum Gasteiger partial charge on any atom is -0.388 e. The van der Waals surface area contributed by atoms with Crippen LogP contribution in [0.4, 0.5) is 18.9 Å². The molecule has 1 N–H and O–H groups in total. The fourth-order valence-corrected chi connectivity index (χ4v) is 2.00. The topological polar surface area (TPSA) is 32.3 Å². The largest absolute Gasteiger partial charge is 0.406 e. The van der Waals surface area contributed by atoms with Gasteiger partial charge < -0.3 is 10.2 Å². The van der Waals surface area contributed by atoms with Crippen molar-refractivity contribution >= 4 is 11.6 Å². The Labute approximate surface area is 116 Å². The minimum absolute atomic E-state index is 0.0885. The Morgan fingerprint density at radius 1 is 1.35 bits per heavy atom. The van der Waals surface area contributed by atoms with E-state index in [4.69, 9.17) is 0 Å². The molecule has 1 aromatic carbocycles. The number of alkyl halides is 3. The van der Waals surface area contributed by atoms with Crippen molar-refractivity contribution in [2.75, 3.05) is 25.5 Å². The third-order valence-corrected chi connectivity index (χ3v) is 2.89. The summed E-state index contributed by atoms with van der Waals surface area (Å²) in [7, 11) is 1.75. The van der Waals surface area contributed by atoms with Gasteiger partial charge in [0.2, 0.25) is 0 Å². The van der Waals surface area contributed by atoms with Gasteiger partial charge in [-0.1, -0.05) is 6.92 Å². The van der Waals surface area contributed by atoms with Crippen LogP contribution in [-0.4, -0.2) is 37.1 Å². The van der Waals surface area contributed by atoms with Crippen molar-refractivity contribution in [2.24, 2.45) is 0 Å². The number of amides is 1. The smallest absolute Gasteiger partial charge is 0.388 e. The van der Waals surface area contributed by atoms with E-state index in [2.05, 4.69) is 5.32 Å². The number of aryl methyl sites for hydroxylation is 1. The maximum absolute atomic E-state index is 12.5. The first-order chi connectivity index (χ1) is 9.28. The fourth-order valence-electron chi connectivity index (χ4n) is 2.00. The number of benzene rings is 1. The average Bonchev–Trinajstić information content (AvgIpc) is 2.35. The van der Waals surface area contributed by atoms with Crippen LogP contribution in [0.3, 0.4) is 0 Å². The number of hydrogen-bond acceptors (Lipinski definition) is 2. The van der Waals surface area contributed by atoms with E-state index in [1.165, 1.54) is 0 Å².